The van der Waals surface area contributed by atoms with E-state index in [0.29, 0.717) is 12.5 Å². The minimum absolute atomic E-state index is 0.0869. The van der Waals surface area contributed by atoms with Gasteiger partial charge in [-0.2, -0.15) is 0 Å². The summed E-state index contributed by atoms with van der Waals surface area (Å²) in [5.74, 6) is 1.45. The van der Waals surface area contributed by atoms with Gasteiger partial charge in [0.15, 0.2) is 5.78 Å². The van der Waals surface area contributed by atoms with Gasteiger partial charge in [0.25, 0.3) is 0 Å². The van der Waals surface area contributed by atoms with Crippen molar-refractivity contribution < 1.29 is 14.3 Å². The lowest BCUT2D eigenvalue weighted by atomic mass is 10.1. The molecule has 1 atom stereocenters. The van der Waals surface area contributed by atoms with E-state index in [2.05, 4.69) is 0 Å². The van der Waals surface area contributed by atoms with Gasteiger partial charge in [-0.1, -0.05) is 0 Å². The Hall–Kier alpha value is -1.35. The maximum Gasteiger partial charge on any atom is 0.159 e. The van der Waals surface area contributed by atoms with Crippen LogP contribution < -0.4 is 4.74 Å². The maximum absolute atomic E-state index is 11.2. The van der Waals surface area contributed by atoms with Crippen LogP contribution in [0.1, 0.15) is 29.3 Å². The Morgan fingerprint density at radius 2 is 2.35 bits per heavy atom. The lowest BCUT2D eigenvalue weighted by molar-refractivity contribution is 0.101. The van der Waals surface area contributed by atoms with Crippen molar-refractivity contribution in [3.63, 3.8) is 0 Å². The second-order valence-corrected chi connectivity index (χ2v) is 4.58. The summed E-state index contributed by atoms with van der Waals surface area (Å²) in [6.07, 6.45) is 1.07. The monoisotopic (exact) mass is 234 g/mol. The van der Waals surface area contributed by atoms with E-state index in [0.717, 1.165) is 36.5 Å². The Morgan fingerprint density at radius 3 is 2.94 bits per heavy atom. The van der Waals surface area contributed by atoms with Crippen molar-refractivity contribution in [1.29, 1.82) is 0 Å². The second kappa shape index (κ2) is 5.32. The highest BCUT2D eigenvalue weighted by Gasteiger charge is 2.16. The third-order valence-corrected chi connectivity index (χ3v) is 3.08. The third-order valence-electron chi connectivity index (χ3n) is 3.08. The normalized spacial score (nSPS) is 19.3. The molecule has 1 aromatic carbocycles. The molecule has 0 aliphatic carbocycles. The minimum Gasteiger partial charge on any atom is -0.493 e. The first-order valence-corrected chi connectivity index (χ1v) is 5.99. The number of carbonyl (C=O) groups is 1. The van der Waals surface area contributed by atoms with Crippen LogP contribution in [-0.2, 0) is 4.74 Å². The van der Waals surface area contributed by atoms with Crippen molar-refractivity contribution >= 4 is 5.78 Å². The first-order chi connectivity index (χ1) is 8.16. The molecule has 2 rings (SSSR count). The van der Waals surface area contributed by atoms with E-state index < -0.39 is 0 Å². The molecule has 3 nitrogen and oxygen atoms in total. The topological polar surface area (TPSA) is 35.5 Å². The molecule has 1 unspecified atom stereocenters. The molecule has 17 heavy (non-hydrogen) atoms. The van der Waals surface area contributed by atoms with Crippen LogP contribution in [0.15, 0.2) is 18.2 Å². The van der Waals surface area contributed by atoms with Gasteiger partial charge in [0, 0.05) is 18.1 Å². The molecule has 0 saturated carbocycles. The van der Waals surface area contributed by atoms with E-state index in [9.17, 15) is 4.79 Å². The Bertz CT molecular complexity index is 406. The maximum atomic E-state index is 11.2. The van der Waals surface area contributed by atoms with Crippen molar-refractivity contribution in [2.45, 2.75) is 20.3 Å². The lowest BCUT2D eigenvalue weighted by Crippen LogP contribution is -2.12. The fourth-order valence-electron chi connectivity index (χ4n) is 1.95. The van der Waals surface area contributed by atoms with Crippen LogP contribution in [0.4, 0.5) is 0 Å². The van der Waals surface area contributed by atoms with Crippen LogP contribution in [-0.4, -0.2) is 25.6 Å². The van der Waals surface area contributed by atoms with Gasteiger partial charge >= 0.3 is 0 Å². The lowest BCUT2D eigenvalue weighted by Gasteiger charge is -2.12. The van der Waals surface area contributed by atoms with Gasteiger partial charge in [-0.15, -0.1) is 0 Å². The minimum atomic E-state index is 0.0869. The number of aryl methyl sites for hydroxylation is 1. The molecule has 1 heterocycles. The van der Waals surface area contributed by atoms with E-state index in [-0.39, 0.29) is 5.78 Å². The zero-order valence-electron chi connectivity index (χ0n) is 10.4. The number of Topliss-reactive ketones (excluding diaryl/α,β-unsaturated/α-hetero) is 1. The molecule has 1 aromatic rings. The summed E-state index contributed by atoms with van der Waals surface area (Å²) < 4.78 is 11.1. The first-order valence-electron chi connectivity index (χ1n) is 5.99. The highest BCUT2D eigenvalue weighted by molar-refractivity contribution is 5.94. The van der Waals surface area contributed by atoms with Crippen molar-refractivity contribution in [1.82, 2.24) is 0 Å². The second-order valence-electron chi connectivity index (χ2n) is 4.58. The van der Waals surface area contributed by atoms with Crippen LogP contribution in [0.25, 0.3) is 0 Å². The predicted molar refractivity (Wildman–Crippen MR) is 65.6 cm³/mol. The average molecular weight is 234 g/mol. The molecular formula is C14H18O3. The van der Waals surface area contributed by atoms with E-state index >= 15 is 0 Å². The van der Waals surface area contributed by atoms with Crippen molar-refractivity contribution in [2.24, 2.45) is 5.92 Å². The van der Waals surface area contributed by atoms with Crippen LogP contribution in [0.3, 0.4) is 0 Å². The molecule has 92 valence electrons. The van der Waals surface area contributed by atoms with E-state index in [4.69, 9.17) is 9.47 Å². The summed E-state index contributed by atoms with van der Waals surface area (Å²) in [4.78, 5) is 11.2. The molecule has 1 aliphatic rings. The highest BCUT2D eigenvalue weighted by Crippen LogP contribution is 2.21. The quantitative estimate of drug-likeness (QED) is 0.751. The molecule has 0 radical (unpaired) electrons. The average Bonchev–Trinajstić information content (AvgIpc) is 2.80. The first kappa shape index (κ1) is 12.1. The summed E-state index contributed by atoms with van der Waals surface area (Å²) in [6, 6.07) is 5.57. The van der Waals surface area contributed by atoms with E-state index in [1.807, 2.05) is 25.1 Å². The molecule has 3 heteroatoms. The number of ether oxygens (including phenoxy) is 2. The number of ketones is 1. The van der Waals surface area contributed by atoms with Gasteiger partial charge in [-0.3, -0.25) is 4.79 Å². The summed E-state index contributed by atoms with van der Waals surface area (Å²) in [5.41, 5.74) is 1.75. The van der Waals surface area contributed by atoms with Gasteiger partial charge in [0.1, 0.15) is 5.75 Å². The van der Waals surface area contributed by atoms with Crippen LogP contribution in [0, 0.1) is 12.8 Å². The summed E-state index contributed by atoms with van der Waals surface area (Å²) in [6.45, 7) is 5.87. The number of hydrogen-bond acceptors (Lipinski definition) is 3. The van der Waals surface area contributed by atoms with Gasteiger partial charge < -0.3 is 9.47 Å². The van der Waals surface area contributed by atoms with Crippen molar-refractivity contribution in [3.8, 4) is 5.75 Å². The number of hydrogen-bond donors (Lipinski definition) is 0. The Labute approximate surface area is 102 Å². The Kier molecular flexibility index (Phi) is 3.79. The molecule has 0 spiro atoms. The standard InChI is InChI=1S/C14H18O3/c1-10-7-13(11(2)15)3-4-14(10)17-9-12-5-6-16-8-12/h3-4,7,12H,5-6,8-9H2,1-2H3. The zero-order valence-corrected chi connectivity index (χ0v) is 10.4. The molecule has 1 fully saturated rings. The molecular weight excluding hydrogens is 216 g/mol. The summed E-state index contributed by atoms with van der Waals surface area (Å²) in [5, 5.41) is 0. The molecule has 1 saturated heterocycles. The van der Waals surface area contributed by atoms with Crippen LogP contribution >= 0.6 is 0 Å². The SMILES string of the molecule is CC(=O)c1ccc(OCC2CCOC2)c(C)c1. The van der Waals surface area contributed by atoms with E-state index in [1.165, 1.54) is 0 Å². The molecule has 0 bridgehead atoms. The van der Waals surface area contributed by atoms with Gasteiger partial charge in [-0.25, -0.2) is 0 Å². The fraction of sp³-hybridized carbons (Fsp3) is 0.500. The van der Waals surface area contributed by atoms with Gasteiger partial charge in [-0.05, 0) is 44.0 Å². The number of carbonyl (C=O) groups excluding carboxylic acids is 1. The summed E-state index contributed by atoms with van der Waals surface area (Å²) >= 11 is 0. The molecule has 0 N–H and O–H groups in total. The van der Waals surface area contributed by atoms with Crippen molar-refractivity contribution in [2.75, 3.05) is 19.8 Å². The summed E-state index contributed by atoms with van der Waals surface area (Å²) in [7, 11) is 0. The third kappa shape index (κ3) is 3.07. The highest BCUT2D eigenvalue weighted by atomic mass is 16.5. The number of rotatable bonds is 4. The van der Waals surface area contributed by atoms with Crippen molar-refractivity contribution in [3.05, 3.63) is 29.3 Å². The molecule has 0 amide bonds. The largest absolute Gasteiger partial charge is 0.493 e. The Balaban J connectivity index is 1.98. The fourth-order valence-corrected chi connectivity index (χ4v) is 1.95. The molecule has 1 aliphatic heterocycles. The molecule has 0 aromatic heterocycles. The smallest absolute Gasteiger partial charge is 0.159 e. The zero-order chi connectivity index (χ0) is 12.3. The van der Waals surface area contributed by atoms with Crippen LogP contribution in [0.5, 0.6) is 5.75 Å². The predicted octanol–water partition coefficient (Wildman–Crippen LogP) is 2.61. The number of benzene rings is 1. The van der Waals surface area contributed by atoms with Gasteiger partial charge in [0.05, 0.1) is 13.2 Å². The van der Waals surface area contributed by atoms with E-state index in [1.54, 1.807) is 6.92 Å². The van der Waals surface area contributed by atoms with Gasteiger partial charge in [0.2, 0.25) is 0 Å². The Morgan fingerprint density at radius 1 is 1.53 bits per heavy atom. The van der Waals surface area contributed by atoms with Crippen LogP contribution in [0.2, 0.25) is 0 Å².